The number of carboxylic acids is 1. The first-order valence-electron chi connectivity index (χ1n) is 6.48. The van der Waals surface area contributed by atoms with Crippen LogP contribution in [0.5, 0.6) is 0 Å². The Morgan fingerprint density at radius 3 is 2.73 bits per heavy atom. The number of hydrogen-bond donors (Lipinski definition) is 2. The molecule has 0 radical (unpaired) electrons. The van der Waals surface area contributed by atoms with Crippen LogP contribution in [0.2, 0.25) is 0 Å². The molecule has 0 heterocycles. The molecule has 0 aliphatic rings. The Labute approximate surface area is 126 Å². The zero-order valence-corrected chi connectivity index (χ0v) is 11.9. The third-order valence-corrected chi connectivity index (χ3v) is 2.93. The Morgan fingerprint density at radius 1 is 1.50 bits per heavy atom. The molecule has 0 aliphatic heterocycles. The van der Waals surface area contributed by atoms with E-state index in [4.69, 9.17) is 10.4 Å². The minimum Gasteiger partial charge on any atom is -0.480 e. The summed E-state index contributed by atoms with van der Waals surface area (Å²) in [5, 5.41) is 30.7. The molecule has 0 spiro atoms. The van der Waals surface area contributed by atoms with E-state index in [0.717, 1.165) is 0 Å². The van der Waals surface area contributed by atoms with Gasteiger partial charge < -0.3 is 10.4 Å². The molecule has 8 nitrogen and oxygen atoms in total. The second-order valence-corrected chi connectivity index (χ2v) is 4.83. The predicted molar refractivity (Wildman–Crippen MR) is 75.8 cm³/mol. The highest BCUT2D eigenvalue weighted by atomic mass is 16.6. The molecule has 1 aromatic carbocycles. The van der Waals surface area contributed by atoms with Crippen LogP contribution in [-0.2, 0) is 16.0 Å². The first-order chi connectivity index (χ1) is 10.3. The summed E-state index contributed by atoms with van der Waals surface area (Å²) in [7, 11) is 0. The molecule has 0 fully saturated rings. The van der Waals surface area contributed by atoms with Crippen molar-refractivity contribution >= 4 is 17.6 Å². The van der Waals surface area contributed by atoms with Crippen LogP contribution in [0.4, 0.5) is 5.69 Å². The number of carbonyl (C=O) groups is 2. The van der Waals surface area contributed by atoms with Crippen LogP contribution in [0.25, 0.3) is 0 Å². The van der Waals surface area contributed by atoms with E-state index in [-0.39, 0.29) is 18.5 Å². The van der Waals surface area contributed by atoms with Gasteiger partial charge in [-0.2, -0.15) is 5.26 Å². The lowest BCUT2D eigenvalue weighted by molar-refractivity contribution is -0.384. The van der Waals surface area contributed by atoms with Gasteiger partial charge in [0.05, 0.1) is 17.4 Å². The molecular weight excluding hydrogens is 290 g/mol. The van der Waals surface area contributed by atoms with Gasteiger partial charge in [0.25, 0.3) is 5.69 Å². The largest absolute Gasteiger partial charge is 0.480 e. The maximum atomic E-state index is 11.9. The highest BCUT2D eigenvalue weighted by Gasteiger charge is 2.22. The van der Waals surface area contributed by atoms with Crippen LogP contribution in [0, 0.1) is 27.4 Å². The van der Waals surface area contributed by atoms with E-state index in [9.17, 15) is 19.7 Å². The van der Waals surface area contributed by atoms with Gasteiger partial charge in [-0.1, -0.05) is 12.1 Å². The molecule has 0 unspecified atom stereocenters. The lowest BCUT2D eigenvalue weighted by atomic mass is 10.0. The van der Waals surface area contributed by atoms with Gasteiger partial charge in [0.2, 0.25) is 5.91 Å². The van der Waals surface area contributed by atoms with Crippen LogP contribution < -0.4 is 5.32 Å². The van der Waals surface area contributed by atoms with Crippen LogP contribution >= 0.6 is 0 Å². The molecule has 8 heteroatoms. The summed E-state index contributed by atoms with van der Waals surface area (Å²) in [6.07, 6.45) is -0.182. The highest BCUT2D eigenvalue weighted by Crippen LogP contribution is 2.13. The summed E-state index contributed by atoms with van der Waals surface area (Å²) in [5.41, 5.74) is 0.266. The molecule has 0 saturated carbocycles. The minimum atomic E-state index is -1.23. The summed E-state index contributed by atoms with van der Waals surface area (Å²) in [6.45, 7) is 1.56. The van der Waals surface area contributed by atoms with Crippen LogP contribution in [0.15, 0.2) is 24.3 Å². The number of rotatable bonds is 7. The Morgan fingerprint density at radius 2 is 2.18 bits per heavy atom. The van der Waals surface area contributed by atoms with E-state index in [1.807, 2.05) is 6.07 Å². The number of benzene rings is 1. The van der Waals surface area contributed by atoms with Crippen LogP contribution in [0.1, 0.15) is 18.9 Å². The van der Waals surface area contributed by atoms with E-state index >= 15 is 0 Å². The molecule has 0 aliphatic carbocycles. The molecule has 2 N–H and O–H groups in total. The van der Waals surface area contributed by atoms with Gasteiger partial charge in [0.15, 0.2) is 0 Å². The zero-order valence-electron chi connectivity index (χ0n) is 11.9. The number of non-ortho nitro benzene ring substituents is 1. The van der Waals surface area contributed by atoms with E-state index in [0.29, 0.717) is 5.56 Å². The number of nitrogens with one attached hydrogen (secondary N) is 1. The van der Waals surface area contributed by atoms with Crippen molar-refractivity contribution in [3.05, 3.63) is 39.9 Å². The fourth-order valence-corrected chi connectivity index (χ4v) is 1.84. The first kappa shape index (κ1) is 17.1. The second kappa shape index (κ2) is 7.73. The number of amides is 1. The van der Waals surface area contributed by atoms with Crippen molar-refractivity contribution in [2.75, 3.05) is 0 Å². The van der Waals surface area contributed by atoms with Gasteiger partial charge in [-0.25, -0.2) is 4.79 Å². The Balaban J connectivity index is 2.71. The summed E-state index contributed by atoms with van der Waals surface area (Å²) in [4.78, 5) is 33.0. The average Bonchev–Trinajstić information content (AvgIpc) is 2.46. The van der Waals surface area contributed by atoms with Gasteiger partial charge in [0, 0.05) is 18.1 Å². The third-order valence-electron chi connectivity index (χ3n) is 2.93. The summed E-state index contributed by atoms with van der Waals surface area (Å²) in [5.74, 6) is -2.31. The van der Waals surface area contributed by atoms with Gasteiger partial charge in [-0.15, -0.1) is 0 Å². The van der Waals surface area contributed by atoms with Gasteiger partial charge >= 0.3 is 5.97 Å². The summed E-state index contributed by atoms with van der Waals surface area (Å²) >= 11 is 0. The van der Waals surface area contributed by atoms with Gasteiger partial charge in [0.1, 0.15) is 6.04 Å². The monoisotopic (exact) mass is 305 g/mol. The van der Waals surface area contributed by atoms with E-state index in [1.54, 1.807) is 13.0 Å². The molecule has 1 aromatic rings. The number of aliphatic carboxylic acids is 1. The average molecular weight is 305 g/mol. The molecule has 0 saturated heterocycles. The molecule has 22 heavy (non-hydrogen) atoms. The van der Waals surface area contributed by atoms with E-state index in [1.165, 1.54) is 18.2 Å². The van der Waals surface area contributed by atoms with Crippen molar-refractivity contribution in [3.63, 3.8) is 0 Å². The predicted octanol–water partition coefficient (Wildman–Crippen LogP) is 1.26. The Hall–Kier alpha value is -2.95. The van der Waals surface area contributed by atoms with Crippen molar-refractivity contribution < 1.29 is 19.6 Å². The Kier molecular flexibility index (Phi) is 6.01. The van der Waals surface area contributed by atoms with Crippen molar-refractivity contribution in [2.24, 2.45) is 5.92 Å². The zero-order chi connectivity index (χ0) is 16.7. The van der Waals surface area contributed by atoms with Crippen LogP contribution in [-0.4, -0.2) is 27.9 Å². The standard InChI is InChI=1S/C14H15N3O5/c1-9(8-15)5-12(14(19)20)16-13(18)7-10-3-2-4-11(6-10)17(21)22/h2-4,6,9,12H,5,7H2,1H3,(H,16,18)(H,19,20)/t9-,12-/m1/s1. The summed E-state index contributed by atoms with van der Waals surface area (Å²) in [6, 6.07) is 6.29. The first-order valence-corrected chi connectivity index (χ1v) is 6.48. The number of nitriles is 1. The van der Waals surface area contributed by atoms with Gasteiger partial charge in [-0.05, 0) is 18.9 Å². The third kappa shape index (κ3) is 5.20. The number of carbonyl (C=O) groups excluding carboxylic acids is 1. The fraction of sp³-hybridized carbons (Fsp3) is 0.357. The topological polar surface area (TPSA) is 133 Å². The molecule has 1 amide bonds. The van der Waals surface area contributed by atoms with Crippen molar-refractivity contribution in [1.82, 2.24) is 5.32 Å². The molecule has 116 valence electrons. The maximum Gasteiger partial charge on any atom is 0.326 e. The van der Waals surface area contributed by atoms with Crippen molar-refractivity contribution in [2.45, 2.75) is 25.8 Å². The number of hydrogen-bond acceptors (Lipinski definition) is 5. The number of nitro groups is 1. The maximum absolute atomic E-state index is 11.9. The van der Waals surface area contributed by atoms with E-state index in [2.05, 4.69) is 5.32 Å². The number of carboxylic acid groups (broad SMARTS) is 1. The van der Waals surface area contributed by atoms with E-state index < -0.39 is 28.8 Å². The molecule has 2 atom stereocenters. The van der Waals surface area contributed by atoms with Crippen LogP contribution in [0.3, 0.4) is 0 Å². The minimum absolute atomic E-state index is 0.00743. The lowest BCUT2D eigenvalue weighted by Crippen LogP contribution is -2.42. The smallest absolute Gasteiger partial charge is 0.326 e. The molecule has 0 bridgehead atoms. The summed E-state index contributed by atoms with van der Waals surface area (Å²) < 4.78 is 0. The molecule has 1 rings (SSSR count). The van der Waals surface area contributed by atoms with Gasteiger partial charge in [-0.3, -0.25) is 14.9 Å². The normalized spacial score (nSPS) is 12.7. The lowest BCUT2D eigenvalue weighted by Gasteiger charge is -2.15. The second-order valence-electron chi connectivity index (χ2n) is 4.83. The number of nitro benzene ring substituents is 1. The highest BCUT2D eigenvalue weighted by molar-refractivity contribution is 5.84. The SMILES string of the molecule is C[C@@H](C#N)C[C@@H](NC(=O)Cc1cccc([N+](=O)[O-])c1)C(=O)O. The molecular formula is C14H15N3O5. The molecule has 0 aromatic heterocycles. The number of nitrogens with zero attached hydrogens (tertiary/aromatic N) is 2. The Bertz CT molecular complexity index is 623. The van der Waals surface area contributed by atoms with Crippen molar-refractivity contribution in [3.8, 4) is 6.07 Å². The van der Waals surface area contributed by atoms with Crippen molar-refractivity contribution in [1.29, 1.82) is 5.26 Å². The fourth-order valence-electron chi connectivity index (χ4n) is 1.84. The quantitative estimate of drug-likeness (QED) is 0.575.